The summed E-state index contributed by atoms with van der Waals surface area (Å²) >= 11 is 0. The first kappa shape index (κ1) is 16.7. The van der Waals surface area contributed by atoms with Crippen molar-refractivity contribution in [2.75, 3.05) is 0 Å². The van der Waals surface area contributed by atoms with Gasteiger partial charge in [0.2, 0.25) is 0 Å². The molecule has 0 heterocycles. The lowest BCUT2D eigenvalue weighted by Crippen LogP contribution is -2.50. The molecule has 0 aliphatic heterocycles. The second kappa shape index (κ2) is 4.78. The lowest BCUT2D eigenvalue weighted by molar-refractivity contribution is -0.0696. The standard InChI is InChI=1S/C17H34/c1-12(2)14(5)16(8,9)17(10,11)15(6,7)13(3)4/h13-14H,1H2,2-11H3. The maximum absolute atomic E-state index is 4.16. The van der Waals surface area contributed by atoms with E-state index in [0.717, 1.165) is 0 Å². The average molecular weight is 238 g/mol. The summed E-state index contributed by atoms with van der Waals surface area (Å²) in [5, 5.41) is 0. The first-order valence-electron chi connectivity index (χ1n) is 6.95. The van der Waals surface area contributed by atoms with Gasteiger partial charge in [0.15, 0.2) is 0 Å². The van der Waals surface area contributed by atoms with Crippen LogP contribution in [0.15, 0.2) is 12.2 Å². The van der Waals surface area contributed by atoms with Crippen LogP contribution in [-0.2, 0) is 0 Å². The van der Waals surface area contributed by atoms with Crippen LogP contribution in [0.5, 0.6) is 0 Å². The highest BCUT2D eigenvalue weighted by Crippen LogP contribution is 2.58. The predicted molar refractivity (Wildman–Crippen MR) is 80.2 cm³/mol. The largest absolute Gasteiger partial charge is 0.0999 e. The summed E-state index contributed by atoms with van der Waals surface area (Å²) in [5.41, 5.74) is 2.10. The van der Waals surface area contributed by atoms with E-state index in [4.69, 9.17) is 0 Å². The highest BCUT2D eigenvalue weighted by atomic mass is 14.6. The average Bonchev–Trinajstić information content (AvgIpc) is 2.15. The van der Waals surface area contributed by atoms with Crippen LogP contribution in [0.4, 0.5) is 0 Å². The summed E-state index contributed by atoms with van der Waals surface area (Å²) in [5.74, 6) is 1.21. The van der Waals surface area contributed by atoms with E-state index in [-0.39, 0.29) is 10.8 Å². The van der Waals surface area contributed by atoms with Crippen LogP contribution in [-0.4, -0.2) is 0 Å². The molecule has 0 rings (SSSR count). The molecular formula is C17H34. The highest BCUT2D eigenvalue weighted by molar-refractivity contribution is 5.08. The molecule has 0 nitrogen and oxygen atoms in total. The normalized spacial score (nSPS) is 16.2. The van der Waals surface area contributed by atoms with Crippen molar-refractivity contribution < 1.29 is 0 Å². The van der Waals surface area contributed by atoms with Crippen molar-refractivity contribution in [3.63, 3.8) is 0 Å². The van der Waals surface area contributed by atoms with Gasteiger partial charge in [0.25, 0.3) is 0 Å². The molecule has 0 saturated heterocycles. The van der Waals surface area contributed by atoms with Crippen LogP contribution in [0, 0.1) is 28.1 Å². The molecule has 0 heteroatoms. The van der Waals surface area contributed by atoms with E-state index in [1.165, 1.54) is 5.57 Å². The predicted octanol–water partition coefficient (Wildman–Crippen LogP) is 5.93. The van der Waals surface area contributed by atoms with Gasteiger partial charge < -0.3 is 0 Å². The summed E-state index contributed by atoms with van der Waals surface area (Å²) in [4.78, 5) is 0. The Bertz CT molecular complexity index is 276. The molecule has 0 aliphatic rings. The van der Waals surface area contributed by atoms with E-state index in [1.807, 2.05) is 0 Å². The van der Waals surface area contributed by atoms with Crippen LogP contribution in [0.2, 0.25) is 0 Å². The molecule has 17 heavy (non-hydrogen) atoms. The van der Waals surface area contributed by atoms with Gasteiger partial charge >= 0.3 is 0 Å². The topological polar surface area (TPSA) is 0 Å². The Balaban J connectivity index is 5.51. The Morgan fingerprint density at radius 2 is 1.18 bits per heavy atom. The second-order valence-corrected chi connectivity index (χ2v) is 7.79. The minimum Gasteiger partial charge on any atom is -0.0999 e. The molecule has 0 aliphatic carbocycles. The van der Waals surface area contributed by atoms with Crippen molar-refractivity contribution in [3.05, 3.63) is 12.2 Å². The van der Waals surface area contributed by atoms with Gasteiger partial charge in [0, 0.05) is 0 Å². The van der Waals surface area contributed by atoms with Gasteiger partial charge in [-0.05, 0) is 35.0 Å². The monoisotopic (exact) mass is 238 g/mol. The highest BCUT2D eigenvalue weighted by Gasteiger charge is 2.51. The summed E-state index contributed by atoms with van der Waals surface area (Å²) in [7, 11) is 0. The third-order valence-electron chi connectivity index (χ3n) is 6.49. The maximum Gasteiger partial charge on any atom is -0.0180 e. The molecule has 0 N–H and O–H groups in total. The first-order chi connectivity index (χ1) is 7.30. The van der Waals surface area contributed by atoms with Crippen molar-refractivity contribution in [1.29, 1.82) is 0 Å². The minimum absolute atomic E-state index is 0.243. The summed E-state index contributed by atoms with van der Waals surface area (Å²) in [6.07, 6.45) is 0. The number of hydrogen-bond donors (Lipinski definition) is 0. The Hall–Kier alpha value is -0.260. The lowest BCUT2D eigenvalue weighted by Gasteiger charge is -2.57. The smallest absolute Gasteiger partial charge is 0.0180 e. The van der Waals surface area contributed by atoms with Crippen LogP contribution in [0.3, 0.4) is 0 Å². The fourth-order valence-electron chi connectivity index (χ4n) is 2.71. The van der Waals surface area contributed by atoms with Gasteiger partial charge in [0.05, 0.1) is 0 Å². The van der Waals surface area contributed by atoms with E-state index in [1.54, 1.807) is 0 Å². The Morgan fingerprint density at radius 3 is 1.41 bits per heavy atom. The van der Waals surface area contributed by atoms with Crippen LogP contribution in [0.25, 0.3) is 0 Å². The first-order valence-corrected chi connectivity index (χ1v) is 6.95. The van der Waals surface area contributed by atoms with Crippen LogP contribution < -0.4 is 0 Å². The van der Waals surface area contributed by atoms with Crippen molar-refractivity contribution >= 4 is 0 Å². The van der Waals surface area contributed by atoms with E-state index in [0.29, 0.717) is 17.3 Å². The fourth-order valence-corrected chi connectivity index (χ4v) is 2.71. The van der Waals surface area contributed by atoms with Crippen LogP contribution >= 0.6 is 0 Å². The lowest BCUT2D eigenvalue weighted by atomic mass is 9.48. The van der Waals surface area contributed by atoms with E-state index in [9.17, 15) is 0 Å². The molecule has 1 atom stereocenters. The molecule has 0 fully saturated rings. The van der Waals surface area contributed by atoms with Gasteiger partial charge in [-0.25, -0.2) is 0 Å². The van der Waals surface area contributed by atoms with Crippen molar-refractivity contribution in [2.24, 2.45) is 28.1 Å². The molecule has 0 aromatic carbocycles. The third kappa shape index (κ3) is 2.61. The quantitative estimate of drug-likeness (QED) is 0.520. The molecule has 0 aromatic heterocycles. The van der Waals surface area contributed by atoms with Crippen LogP contribution in [0.1, 0.15) is 69.2 Å². The number of allylic oxidation sites excluding steroid dienone is 1. The van der Waals surface area contributed by atoms with Crippen molar-refractivity contribution in [2.45, 2.75) is 69.2 Å². The van der Waals surface area contributed by atoms with Gasteiger partial charge in [-0.1, -0.05) is 74.5 Å². The Kier molecular flexibility index (Phi) is 4.71. The summed E-state index contributed by atoms with van der Waals surface area (Å²) in [6, 6.07) is 0. The maximum atomic E-state index is 4.16. The van der Waals surface area contributed by atoms with Crippen molar-refractivity contribution in [3.8, 4) is 0 Å². The second-order valence-electron chi connectivity index (χ2n) is 7.79. The Morgan fingerprint density at radius 1 is 0.824 bits per heavy atom. The molecule has 0 saturated carbocycles. The third-order valence-corrected chi connectivity index (χ3v) is 6.49. The molecule has 102 valence electrons. The number of hydrogen-bond acceptors (Lipinski definition) is 0. The minimum atomic E-state index is 0.243. The summed E-state index contributed by atoms with van der Waals surface area (Å²) < 4.78 is 0. The number of rotatable bonds is 5. The zero-order valence-corrected chi connectivity index (χ0v) is 13.9. The van der Waals surface area contributed by atoms with Gasteiger partial charge in [-0.3, -0.25) is 0 Å². The molecule has 0 spiro atoms. The molecule has 0 aromatic rings. The van der Waals surface area contributed by atoms with E-state index >= 15 is 0 Å². The van der Waals surface area contributed by atoms with E-state index in [2.05, 4.69) is 75.8 Å². The molecule has 0 amide bonds. The molecular weight excluding hydrogens is 204 g/mol. The Labute approximate surface area is 110 Å². The fraction of sp³-hybridized carbons (Fsp3) is 0.882. The van der Waals surface area contributed by atoms with E-state index < -0.39 is 0 Å². The molecule has 1 unspecified atom stereocenters. The molecule has 0 radical (unpaired) electrons. The summed E-state index contributed by atoms with van der Waals surface area (Å²) in [6.45, 7) is 27.8. The van der Waals surface area contributed by atoms with Crippen molar-refractivity contribution in [1.82, 2.24) is 0 Å². The SMILES string of the molecule is C=C(C)C(C)C(C)(C)C(C)(C)C(C)(C)C(C)C. The molecule has 0 bridgehead atoms. The van der Waals surface area contributed by atoms with Gasteiger partial charge in [-0.2, -0.15) is 0 Å². The van der Waals surface area contributed by atoms with Gasteiger partial charge in [0.1, 0.15) is 0 Å². The zero-order valence-electron chi connectivity index (χ0n) is 13.9. The van der Waals surface area contributed by atoms with Gasteiger partial charge in [-0.15, -0.1) is 0 Å². The zero-order chi connectivity index (χ0) is 14.2.